The third-order valence-corrected chi connectivity index (χ3v) is 3.50. The quantitative estimate of drug-likeness (QED) is 0.867. The summed E-state index contributed by atoms with van der Waals surface area (Å²) in [4.78, 5) is 11.3. The van der Waals surface area contributed by atoms with Gasteiger partial charge in [0.15, 0.2) is 0 Å². The third-order valence-electron chi connectivity index (χ3n) is 3.50. The van der Waals surface area contributed by atoms with Gasteiger partial charge in [-0.05, 0) is 54.4 Å². The molecule has 1 aliphatic heterocycles. The molecule has 0 bridgehead atoms. The number of amides is 1. The third kappa shape index (κ3) is 3.05. The van der Waals surface area contributed by atoms with E-state index in [1.165, 1.54) is 12.1 Å². The molecule has 3 rings (SSSR count). The van der Waals surface area contributed by atoms with Crippen molar-refractivity contribution in [2.45, 2.75) is 19.0 Å². The van der Waals surface area contributed by atoms with Crippen LogP contribution in [0.3, 0.4) is 0 Å². The first-order valence-electron chi connectivity index (χ1n) is 6.79. The molecule has 6 heteroatoms. The Bertz CT molecular complexity index is 708. The first kappa shape index (κ1) is 14.4. The van der Waals surface area contributed by atoms with E-state index < -0.39 is 11.7 Å². The maximum absolute atomic E-state index is 12.5. The van der Waals surface area contributed by atoms with Crippen molar-refractivity contribution in [3.05, 3.63) is 53.6 Å². The van der Waals surface area contributed by atoms with Crippen LogP contribution >= 0.6 is 0 Å². The largest absolute Gasteiger partial charge is 0.416 e. The molecule has 0 saturated carbocycles. The summed E-state index contributed by atoms with van der Waals surface area (Å²) in [5.41, 5.74) is 2.47. The molecule has 114 valence electrons. The number of alkyl halides is 3. The Hall–Kier alpha value is -2.50. The lowest BCUT2D eigenvalue weighted by Crippen LogP contribution is -2.18. The Kier molecular flexibility index (Phi) is 3.52. The van der Waals surface area contributed by atoms with Gasteiger partial charge in [-0.3, -0.25) is 4.79 Å². The Balaban J connectivity index is 1.77. The number of nitrogens with one attached hydrogen (secondary N) is 2. The van der Waals surface area contributed by atoms with Crippen molar-refractivity contribution >= 4 is 23.0 Å². The van der Waals surface area contributed by atoms with Gasteiger partial charge >= 0.3 is 6.18 Å². The van der Waals surface area contributed by atoms with Crippen molar-refractivity contribution in [1.82, 2.24) is 0 Å². The van der Waals surface area contributed by atoms with Crippen molar-refractivity contribution in [1.29, 1.82) is 0 Å². The fourth-order valence-corrected chi connectivity index (χ4v) is 2.37. The van der Waals surface area contributed by atoms with Gasteiger partial charge < -0.3 is 10.6 Å². The van der Waals surface area contributed by atoms with E-state index in [4.69, 9.17) is 0 Å². The van der Waals surface area contributed by atoms with E-state index in [2.05, 4.69) is 10.6 Å². The minimum atomic E-state index is -4.33. The van der Waals surface area contributed by atoms with Crippen LogP contribution in [0, 0.1) is 0 Å². The van der Waals surface area contributed by atoms with Crippen LogP contribution in [0.15, 0.2) is 42.5 Å². The molecule has 3 nitrogen and oxygen atoms in total. The Labute approximate surface area is 125 Å². The summed E-state index contributed by atoms with van der Waals surface area (Å²) in [6.07, 6.45) is -3.23. The maximum atomic E-state index is 12.5. The second-order valence-corrected chi connectivity index (χ2v) is 5.12. The minimum absolute atomic E-state index is 0.00375. The molecule has 1 aliphatic rings. The monoisotopic (exact) mass is 306 g/mol. The van der Waals surface area contributed by atoms with E-state index >= 15 is 0 Å². The number of benzene rings is 2. The SMILES string of the molecule is O=C1CCc2cc(Nc3ccc(C(F)(F)F)cc3)ccc2N1. The van der Waals surface area contributed by atoms with Crippen molar-refractivity contribution in [3.63, 3.8) is 0 Å². The fourth-order valence-electron chi connectivity index (χ4n) is 2.37. The van der Waals surface area contributed by atoms with E-state index in [-0.39, 0.29) is 5.91 Å². The minimum Gasteiger partial charge on any atom is -0.356 e. The number of aryl methyl sites for hydroxylation is 1. The van der Waals surface area contributed by atoms with Crippen LogP contribution in [-0.4, -0.2) is 5.91 Å². The second kappa shape index (κ2) is 5.36. The summed E-state index contributed by atoms with van der Waals surface area (Å²) in [6.45, 7) is 0. The van der Waals surface area contributed by atoms with Gasteiger partial charge in [0, 0.05) is 23.5 Å². The summed E-state index contributed by atoms with van der Waals surface area (Å²) in [6, 6.07) is 10.3. The molecule has 22 heavy (non-hydrogen) atoms. The molecular formula is C16H13F3N2O. The summed E-state index contributed by atoms with van der Waals surface area (Å²) in [5.74, 6) is -0.00375. The number of fused-ring (bicyclic) bond motifs is 1. The molecule has 2 aromatic rings. The average molecular weight is 306 g/mol. The fraction of sp³-hybridized carbons (Fsp3) is 0.188. The van der Waals surface area contributed by atoms with Gasteiger partial charge in [-0.25, -0.2) is 0 Å². The van der Waals surface area contributed by atoms with E-state index in [9.17, 15) is 18.0 Å². The molecule has 0 spiro atoms. The summed E-state index contributed by atoms with van der Waals surface area (Å²) in [7, 11) is 0. The highest BCUT2D eigenvalue weighted by atomic mass is 19.4. The Morgan fingerprint density at radius 1 is 0.955 bits per heavy atom. The normalized spacial score (nSPS) is 14.2. The number of rotatable bonds is 2. The Morgan fingerprint density at radius 2 is 1.64 bits per heavy atom. The molecule has 0 atom stereocenters. The van der Waals surface area contributed by atoms with Crippen molar-refractivity contribution < 1.29 is 18.0 Å². The van der Waals surface area contributed by atoms with Gasteiger partial charge in [0.05, 0.1) is 5.56 Å². The molecule has 2 N–H and O–H groups in total. The van der Waals surface area contributed by atoms with Gasteiger partial charge in [-0.1, -0.05) is 0 Å². The maximum Gasteiger partial charge on any atom is 0.416 e. The molecule has 0 aliphatic carbocycles. The second-order valence-electron chi connectivity index (χ2n) is 5.12. The molecule has 2 aromatic carbocycles. The molecule has 0 unspecified atom stereocenters. The lowest BCUT2D eigenvalue weighted by molar-refractivity contribution is -0.137. The van der Waals surface area contributed by atoms with Crippen LogP contribution in [0.1, 0.15) is 17.5 Å². The predicted molar refractivity (Wildman–Crippen MR) is 78.1 cm³/mol. The number of halogens is 3. The highest BCUT2D eigenvalue weighted by Crippen LogP contribution is 2.31. The number of hydrogen-bond acceptors (Lipinski definition) is 2. The van der Waals surface area contributed by atoms with Gasteiger partial charge in [-0.15, -0.1) is 0 Å². The molecule has 1 heterocycles. The van der Waals surface area contributed by atoms with Gasteiger partial charge in [-0.2, -0.15) is 13.2 Å². The van der Waals surface area contributed by atoms with E-state index in [1.807, 2.05) is 6.07 Å². The van der Waals surface area contributed by atoms with Gasteiger partial charge in [0.2, 0.25) is 5.91 Å². The highest BCUT2D eigenvalue weighted by Gasteiger charge is 2.29. The highest BCUT2D eigenvalue weighted by molar-refractivity contribution is 5.94. The number of carbonyl (C=O) groups excluding carboxylic acids is 1. The van der Waals surface area contributed by atoms with Crippen LogP contribution in [0.25, 0.3) is 0 Å². The van der Waals surface area contributed by atoms with Crippen molar-refractivity contribution in [2.75, 3.05) is 10.6 Å². The average Bonchev–Trinajstić information content (AvgIpc) is 2.47. The zero-order valence-corrected chi connectivity index (χ0v) is 11.5. The van der Waals surface area contributed by atoms with E-state index in [1.54, 1.807) is 12.1 Å². The molecule has 0 radical (unpaired) electrons. The van der Waals surface area contributed by atoms with Gasteiger partial charge in [0.25, 0.3) is 0 Å². The standard InChI is InChI=1S/C16H13F3N2O/c17-16(18,19)11-2-4-12(5-3-11)20-13-6-7-14-10(9-13)1-8-15(22)21-14/h2-7,9,20H,1,8H2,(H,21,22). The number of carbonyl (C=O) groups is 1. The number of hydrogen-bond donors (Lipinski definition) is 2. The van der Waals surface area contributed by atoms with Crippen molar-refractivity contribution in [3.8, 4) is 0 Å². The van der Waals surface area contributed by atoms with Crippen LogP contribution in [0.2, 0.25) is 0 Å². The lowest BCUT2D eigenvalue weighted by atomic mass is 10.0. The zero-order valence-electron chi connectivity index (χ0n) is 11.5. The topological polar surface area (TPSA) is 41.1 Å². The van der Waals surface area contributed by atoms with Gasteiger partial charge in [0.1, 0.15) is 0 Å². The zero-order chi connectivity index (χ0) is 15.7. The predicted octanol–water partition coefficient (Wildman–Crippen LogP) is 4.33. The summed E-state index contributed by atoms with van der Waals surface area (Å²) < 4.78 is 37.5. The molecular weight excluding hydrogens is 293 g/mol. The van der Waals surface area contributed by atoms with Crippen molar-refractivity contribution in [2.24, 2.45) is 0 Å². The smallest absolute Gasteiger partial charge is 0.356 e. The lowest BCUT2D eigenvalue weighted by Gasteiger charge is -2.18. The first-order valence-corrected chi connectivity index (χ1v) is 6.79. The molecule has 0 fully saturated rings. The molecule has 0 saturated heterocycles. The van der Waals surface area contributed by atoms with Crippen LogP contribution < -0.4 is 10.6 Å². The van der Waals surface area contributed by atoms with Crippen LogP contribution in [-0.2, 0) is 17.4 Å². The molecule has 1 amide bonds. The Morgan fingerprint density at radius 3 is 2.32 bits per heavy atom. The molecule has 0 aromatic heterocycles. The first-order chi connectivity index (χ1) is 10.4. The summed E-state index contributed by atoms with van der Waals surface area (Å²) in [5, 5.41) is 5.85. The van der Waals surface area contributed by atoms with Crippen LogP contribution in [0.5, 0.6) is 0 Å². The summed E-state index contributed by atoms with van der Waals surface area (Å²) >= 11 is 0. The van der Waals surface area contributed by atoms with E-state index in [0.717, 1.165) is 29.1 Å². The van der Waals surface area contributed by atoms with E-state index in [0.29, 0.717) is 18.5 Å². The van der Waals surface area contributed by atoms with Crippen LogP contribution in [0.4, 0.5) is 30.2 Å². The number of anilines is 3.